The molecule has 1 saturated heterocycles. The predicted octanol–water partition coefficient (Wildman–Crippen LogP) is 0.953. The van der Waals surface area contributed by atoms with Gasteiger partial charge in [0.15, 0.2) is 6.79 Å². The fraction of sp³-hybridized carbons (Fsp3) is 0.222. The molecule has 0 saturated carbocycles. The highest BCUT2D eigenvalue weighted by atomic mass is 16.9. The van der Waals surface area contributed by atoms with Gasteiger partial charge in [-0.2, -0.15) is 0 Å². The summed E-state index contributed by atoms with van der Waals surface area (Å²) < 4.78 is 10.0. The van der Waals surface area contributed by atoms with Crippen LogP contribution in [0.5, 0.6) is 0 Å². The quantitative estimate of drug-likeness (QED) is 0.651. The Morgan fingerprint density at radius 1 is 1.25 bits per heavy atom. The third kappa shape index (κ3) is 0.948. The number of hydrogen-bond donors (Lipinski definition) is 0. The summed E-state index contributed by atoms with van der Waals surface area (Å²) in [5, 5.41) is 0. The van der Waals surface area contributed by atoms with Gasteiger partial charge in [-0.3, -0.25) is 4.79 Å². The summed E-state index contributed by atoms with van der Waals surface area (Å²) in [7, 11) is 0. The van der Waals surface area contributed by atoms with Crippen LogP contribution in [0.25, 0.3) is 0 Å². The molecule has 0 amide bonds. The molecule has 1 aliphatic rings. The van der Waals surface area contributed by atoms with Crippen LogP contribution in [0.2, 0.25) is 0 Å². The normalized spacial score (nSPS) is 19.7. The van der Waals surface area contributed by atoms with E-state index >= 15 is 0 Å². The lowest BCUT2D eigenvalue weighted by Gasteiger charge is -2.35. The van der Waals surface area contributed by atoms with Crippen LogP contribution >= 0.6 is 0 Å². The molecule has 1 heterocycles. The summed E-state index contributed by atoms with van der Waals surface area (Å²) in [5.74, 6) is -1.25. The maximum absolute atomic E-state index is 10.5. The van der Waals surface area contributed by atoms with E-state index in [1.54, 1.807) is 18.4 Å². The van der Waals surface area contributed by atoms with Crippen molar-refractivity contribution in [2.24, 2.45) is 0 Å². The first-order valence-corrected chi connectivity index (χ1v) is 3.60. The van der Waals surface area contributed by atoms with E-state index in [-0.39, 0.29) is 6.79 Å². The van der Waals surface area contributed by atoms with Crippen LogP contribution in [0.15, 0.2) is 30.3 Å². The molecule has 1 aromatic carbocycles. The third-order valence-electron chi connectivity index (χ3n) is 1.81. The first kappa shape index (κ1) is 7.46. The zero-order chi connectivity index (χ0) is 8.44. The molecule has 61 valence electrons. The van der Waals surface area contributed by atoms with Gasteiger partial charge in [0.25, 0.3) is 12.1 Å². The van der Waals surface area contributed by atoms with Crippen molar-refractivity contribution in [3.63, 3.8) is 0 Å². The van der Waals surface area contributed by atoms with Crippen molar-refractivity contribution in [3.8, 4) is 0 Å². The minimum absolute atomic E-state index is 0.157. The molecule has 0 spiro atoms. The van der Waals surface area contributed by atoms with Crippen molar-refractivity contribution >= 4 is 6.29 Å². The molecular weight excluding hydrogens is 156 g/mol. The monoisotopic (exact) mass is 163 g/mol. The zero-order valence-corrected chi connectivity index (χ0v) is 6.32. The fourth-order valence-corrected chi connectivity index (χ4v) is 1.12. The minimum atomic E-state index is -1.25. The average Bonchev–Trinajstić information content (AvgIpc) is 2.05. The second kappa shape index (κ2) is 2.69. The van der Waals surface area contributed by atoms with E-state index in [0.29, 0.717) is 5.56 Å². The van der Waals surface area contributed by atoms with Crippen molar-refractivity contribution in [2.75, 3.05) is 6.79 Å². The Labute approximate surface area is 69.9 Å². The Morgan fingerprint density at radius 2 is 1.92 bits per heavy atom. The highest BCUT2D eigenvalue weighted by Crippen LogP contribution is 2.31. The third-order valence-corrected chi connectivity index (χ3v) is 1.81. The van der Waals surface area contributed by atoms with Crippen LogP contribution < -0.4 is 0 Å². The summed E-state index contributed by atoms with van der Waals surface area (Å²) in [5.41, 5.74) is 0.686. The Balaban J connectivity index is 2.34. The van der Waals surface area contributed by atoms with E-state index in [4.69, 9.17) is 9.47 Å². The van der Waals surface area contributed by atoms with Crippen molar-refractivity contribution < 1.29 is 14.3 Å². The zero-order valence-electron chi connectivity index (χ0n) is 6.32. The molecule has 1 fully saturated rings. The van der Waals surface area contributed by atoms with E-state index in [2.05, 4.69) is 0 Å². The second-order valence-corrected chi connectivity index (χ2v) is 2.49. The Bertz CT molecular complexity index is 277. The summed E-state index contributed by atoms with van der Waals surface area (Å²) >= 11 is 0. The second-order valence-electron chi connectivity index (χ2n) is 2.49. The van der Waals surface area contributed by atoms with E-state index in [1.807, 2.05) is 18.2 Å². The van der Waals surface area contributed by atoms with Gasteiger partial charge in [0, 0.05) is 5.56 Å². The molecule has 0 aliphatic carbocycles. The van der Waals surface area contributed by atoms with Crippen molar-refractivity contribution in [1.29, 1.82) is 0 Å². The molecule has 3 nitrogen and oxygen atoms in total. The largest absolute Gasteiger partial charge is 0.312 e. The van der Waals surface area contributed by atoms with Crippen molar-refractivity contribution in [2.45, 2.75) is 5.79 Å². The summed E-state index contributed by atoms with van der Waals surface area (Å²) in [6.07, 6.45) is 1.74. The van der Waals surface area contributed by atoms with Gasteiger partial charge in [-0.25, -0.2) is 0 Å². The summed E-state index contributed by atoms with van der Waals surface area (Å²) in [4.78, 5) is 10.5. The SMILES string of the molecule is O=[C]C1(c2ccccc2)OCO1. The average molecular weight is 163 g/mol. The molecule has 12 heavy (non-hydrogen) atoms. The van der Waals surface area contributed by atoms with Gasteiger partial charge >= 0.3 is 0 Å². The highest BCUT2D eigenvalue weighted by Gasteiger charge is 2.43. The van der Waals surface area contributed by atoms with Crippen LogP contribution in [0.1, 0.15) is 5.56 Å². The van der Waals surface area contributed by atoms with Crippen molar-refractivity contribution in [3.05, 3.63) is 35.9 Å². The number of benzene rings is 1. The summed E-state index contributed by atoms with van der Waals surface area (Å²) in [6.45, 7) is 0.157. The molecule has 0 aromatic heterocycles. The van der Waals surface area contributed by atoms with Gasteiger partial charge in [0.1, 0.15) is 0 Å². The fourth-order valence-electron chi connectivity index (χ4n) is 1.12. The van der Waals surface area contributed by atoms with Gasteiger partial charge in [-0.05, 0) is 0 Å². The van der Waals surface area contributed by atoms with Crippen LogP contribution in [-0.2, 0) is 20.1 Å². The first-order chi connectivity index (χ1) is 5.87. The Morgan fingerprint density at radius 3 is 2.33 bits per heavy atom. The Hall–Kier alpha value is -1.19. The smallest absolute Gasteiger partial charge is 0.268 e. The molecular formula is C9H7O3. The lowest BCUT2D eigenvalue weighted by atomic mass is 10.1. The lowest BCUT2D eigenvalue weighted by molar-refractivity contribution is -0.369. The predicted molar refractivity (Wildman–Crippen MR) is 40.9 cm³/mol. The van der Waals surface area contributed by atoms with E-state index < -0.39 is 5.79 Å². The van der Waals surface area contributed by atoms with Crippen molar-refractivity contribution in [1.82, 2.24) is 0 Å². The standard InChI is InChI=1S/C9H7O3/c10-6-9(11-7-12-9)8-4-2-1-3-5-8/h1-5H,7H2. The van der Waals surface area contributed by atoms with Gasteiger partial charge in [0.05, 0.1) is 0 Å². The maximum atomic E-state index is 10.5. The molecule has 2 rings (SSSR count). The van der Waals surface area contributed by atoms with Gasteiger partial charge in [-0.1, -0.05) is 30.3 Å². The van der Waals surface area contributed by atoms with Crippen LogP contribution in [0, 0.1) is 0 Å². The Kier molecular flexibility index (Phi) is 1.67. The number of carbonyl (C=O) groups excluding carboxylic acids is 1. The van der Waals surface area contributed by atoms with Gasteiger partial charge in [0.2, 0.25) is 0 Å². The van der Waals surface area contributed by atoms with E-state index in [9.17, 15) is 4.79 Å². The van der Waals surface area contributed by atoms with Gasteiger partial charge in [-0.15, -0.1) is 0 Å². The molecule has 0 N–H and O–H groups in total. The maximum Gasteiger partial charge on any atom is 0.268 e. The number of ether oxygens (including phenoxy) is 2. The number of hydrogen-bond acceptors (Lipinski definition) is 3. The molecule has 0 unspecified atom stereocenters. The highest BCUT2D eigenvalue weighted by molar-refractivity contribution is 5.65. The molecule has 1 aliphatic heterocycles. The molecule has 1 radical (unpaired) electrons. The lowest BCUT2D eigenvalue weighted by Crippen LogP contribution is -2.45. The van der Waals surface area contributed by atoms with Crippen LogP contribution in [-0.4, -0.2) is 13.1 Å². The molecule has 1 aromatic rings. The summed E-state index contributed by atoms with van der Waals surface area (Å²) in [6, 6.07) is 9.04. The van der Waals surface area contributed by atoms with E-state index in [0.717, 1.165) is 0 Å². The van der Waals surface area contributed by atoms with E-state index in [1.165, 1.54) is 0 Å². The topological polar surface area (TPSA) is 35.5 Å². The molecule has 3 heteroatoms. The minimum Gasteiger partial charge on any atom is -0.312 e. The van der Waals surface area contributed by atoms with Crippen LogP contribution in [0.3, 0.4) is 0 Å². The molecule has 0 atom stereocenters. The van der Waals surface area contributed by atoms with Crippen LogP contribution in [0.4, 0.5) is 0 Å². The molecule has 0 bridgehead atoms. The first-order valence-electron chi connectivity index (χ1n) is 3.60. The number of rotatable bonds is 2. The van der Waals surface area contributed by atoms with Gasteiger partial charge < -0.3 is 9.47 Å².